The third-order valence-corrected chi connectivity index (χ3v) is 3.82. The van der Waals surface area contributed by atoms with Crippen molar-refractivity contribution in [1.82, 2.24) is 20.8 Å². The number of nitrogens with one attached hydrogen (secondary N) is 3. The molecule has 2 rings (SSSR count). The van der Waals surface area contributed by atoms with E-state index in [0.29, 0.717) is 12.3 Å². The lowest BCUT2D eigenvalue weighted by Crippen LogP contribution is -2.25. The van der Waals surface area contributed by atoms with E-state index in [9.17, 15) is 4.79 Å². The van der Waals surface area contributed by atoms with E-state index in [1.807, 2.05) is 13.1 Å². The standard InChI is InChI=1S/C14H24N4O/c1-11-13(10-17-18-11)3-2-7-16-14(19)5-4-12-6-8-15-9-12/h10,12,15H,2-9H2,1H3,(H,16,19)(H,17,18). The average molecular weight is 264 g/mol. The van der Waals surface area contributed by atoms with Crippen LogP contribution in [0.15, 0.2) is 6.20 Å². The predicted octanol–water partition coefficient (Wildman–Crippen LogP) is 1.16. The third kappa shape index (κ3) is 4.67. The summed E-state index contributed by atoms with van der Waals surface area (Å²) >= 11 is 0. The first kappa shape index (κ1) is 14.1. The molecule has 2 heterocycles. The molecule has 5 nitrogen and oxygen atoms in total. The van der Waals surface area contributed by atoms with E-state index in [1.54, 1.807) is 0 Å². The number of nitrogens with zero attached hydrogens (tertiary/aromatic N) is 1. The molecule has 106 valence electrons. The van der Waals surface area contributed by atoms with Gasteiger partial charge >= 0.3 is 0 Å². The topological polar surface area (TPSA) is 69.8 Å². The number of aryl methyl sites for hydroxylation is 2. The van der Waals surface area contributed by atoms with Crippen LogP contribution in [0.4, 0.5) is 0 Å². The molecular formula is C14H24N4O. The molecular weight excluding hydrogens is 240 g/mol. The van der Waals surface area contributed by atoms with Gasteiger partial charge in [0.05, 0.1) is 6.20 Å². The van der Waals surface area contributed by atoms with Gasteiger partial charge in [0, 0.05) is 18.7 Å². The molecule has 5 heteroatoms. The normalized spacial score (nSPS) is 18.7. The smallest absolute Gasteiger partial charge is 0.220 e. The highest BCUT2D eigenvalue weighted by molar-refractivity contribution is 5.75. The predicted molar refractivity (Wildman–Crippen MR) is 74.9 cm³/mol. The van der Waals surface area contributed by atoms with Crippen molar-refractivity contribution < 1.29 is 4.79 Å². The summed E-state index contributed by atoms with van der Waals surface area (Å²) in [4.78, 5) is 11.7. The highest BCUT2D eigenvalue weighted by atomic mass is 16.1. The van der Waals surface area contributed by atoms with Crippen molar-refractivity contribution in [1.29, 1.82) is 0 Å². The number of hydrogen-bond acceptors (Lipinski definition) is 3. The van der Waals surface area contributed by atoms with Gasteiger partial charge in [-0.2, -0.15) is 5.10 Å². The number of carbonyl (C=O) groups excluding carboxylic acids is 1. The van der Waals surface area contributed by atoms with E-state index in [2.05, 4.69) is 20.8 Å². The average Bonchev–Trinajstić information content (AvgIpc) is 3.04. The molecule has 1 unspecified atom stereocenters. The van der Waals surface area contributed by atoms with E-state index in [-0.39, 0.29) is 5.91 Å². The first-order valence-corrected chi connectivity index (χ1v) is 7.22. The highest BCUT2D eigenvalue weighted by Crippen LogP contribution is 2.13. The fraction of sp³-hybridized carbons (Fsp3) is 0.714. The van der Waals surface area contributed by atoms with E-state index in [1.165, 1.54) is 12.0 Å². The van der Waals surface area contributed by atoms with Crippen LogP contribution >= 0.6 is 0 Å². The fourth-order valence-electron chi connectivity index (χ4n) is 2.52. The van der Waals surface area contributed by atoms with Gasteiger partial charge in [-0.15, -0.1) is 0 Å². The second-order valence-corrected chi connectivity index (χ2v) is 5.37. The molecule has 1 amide bonds. The molecule has 3 N–H and O–H groups in total. The van der Waals surface area contributed by atoms with Gasteiger partial charge < -0.3 is 10.6 Å². The summed E-state index contributed by atoms with van der Waals surface area (Å²) in [5.41, 5.74) is 2.37. The number of aromatic amines is 1. The Morgan fingerprint density at radius 2 is 2.47 bits per heavy atom. The lowest BCUT2D eigenvalue weighted by molar-refractivity contribution is -0.121. The van der Waals surface area contributed by atoms with Gasteiger partial charge in [0.15, 0.2) is 0 Å². The zero-order valence-electron chi connectivity index (χ0n) is 11.7. The summed E-state index contributed by atoms with van der Waals surface area (Å²) in [6.45, 7) is 4.96. The SMILES string of the molecule is Cc1[nH]ncc1CCCNC(=O)CCC1CCNC1. The minimum absolute atomic E-state index is 0.191. The maximum atomic E-state index is 11.7. The Hall–Kier alpha value is -1.36. The van der Waals surface area contributed by atoms with Gasteiger partial charge in [-0.25, -0.2) is 0 Å². The number of hydrogen-bond donors (Lipinski definition) is 3. The summed E-state index contributed by atoms with van der Waals surface area (Å²) in [7, 11) is 0. The Bertz CT molecular complexity index is 396. The number of H-pyrrole nitrogens is 1. The molecule has 0 aliphatic carbocycles. The van der Waals surface area contributed by atoms with Crippen LogP contribution in [0.3, 0.4) is 0 Å². The second kappa shape index (κ2) is 7.28. The molecule has 0 bridgehead atoms. The Labute approximate surface area is 114 Å². The summed E-state index contributed by atoms with van der Waals surface area (Å²) in [5, 5.41) is 13.2. The zero-order valence-corrected chi connectivity index (χ0v) is 11.7. The number of rotatable bonds is 7. The third-order valence-electron chi connectivity index (χ3n) is 3.82. The van der Waals surface area contributed by atoms with Crippen LogP contribution in [0.5, 0.6) is 0 Å². The molecule has 19 heavy (non-hydrogen) atoms. The van der Waals surface area contributed by atoms with E-state index < -0.39 is 0 Å². The van der Waals surface area contributed by atoms with Crippen LogP contribution in [0.2, 0.25) is 0 Å². The van der Waals surface area contributed by atoms with Crippen LogP contribution < -0.4 is 10.6 Å². The molecule has 0 radical (unpaired) electrons. The first-order chi connectivity index (χ1) is 9.25. The van der Waals surface area contributed by atoms with Crippen molar-refractivity contribution >= 4 is 5.91 Å². The maximum Gasteiger partial charge on any atom is 0.220 e. The second-order valence-electron chi connectivity index (χ2n) is 5.37. The molecule has 1 aliphatic rings. The lowest BCUT2D eigenvalue weighted by atomic mass is 10.0. The van der Waals surface area contributed by atoms with Crippen LogP contribution in [0.1, 0.15) is 36.9 Å². The van der Waals surface area contributed by atoms with Gasteiger partial charge in [-0.05, 0) is 57.2 Å². The molecule has 1 aromatic rings. The summed E-state index contributed by atoms with van der Waals surface area (Å²) in [5.74, 6) is 0.884. The van der Waals surface area contributed by atoms with E-state index in [4.69, 9.17) is 0 Å². The number of amides is 1. The molecule has 0 spiro atoms. The molecule has 1 saturated heterocycles. The minimum Gasteiger partial charge on any atom is -0.356 e. The van der Waals surface area contributed by atoms with Crippen LogP contribution in [0.25, 0.3) is 0 Å². The van der Waals surface area contributed by atoms with Gasteiger partial charge in [-0.3, -0.25) is 9.89 Å². The molecule has 1 aliphatic heterocycles. The largest absolute Gasteiger partial charge is 0.356 e. The van der Waals surface area contributed by atoms with Crippen molar-refractivity contribution in [2.45, 2.75) is 39.0 Å². The Kier molecular flexibility index (Phi) is 5.39. The first-order valence-electron chi connectivity index (χ1n) is 7.22. The van der Waals surface area contributed by atoms with E-state index >= 15 is 0 Å². The summed E-state index contributed by atoms with van der Waals surface area (Å²) in [6, 6.07) is 0. The number of carbonyl (C=O) groups is 1. The maximum absolute atomic E-state index is 11.7. The van der Waals surface area contributed by atoms with Gasteiger partial charge in [0.25, 0.3) is 0 Å². The number of aromatic nitrogens is 2. The fourth-order valence-corrected chi connectivity index (χ4v) is 2.52. The van der Waals surface area contributed by atoms with Crippen molar-refractivity contribution in [3.63, 3.8) is 0 Å². The van der Waals surface area contributed by atoms with Gasteiger partial charge in [0.1, 0.15) is 0 Å². The summed E-state index contributed by atoms with van der Waals surface area (Å²) < 4.78 is 0. The van der Waals surface area contributed by atoms with Crippen molar-refractivity contribution in [2.24, 2.45) is 5.92 Å². The lowest BCUT2D eigenvalue weighted by Gasteiger charge is -2.08. The van der Waals surface area contributed by atoms with Crippen LogP contribution in [-0.4, -0.2) is 35.7 Å². The Morgan fingerprint density at radius 1 is 1.58 bits per heavy atom. The molecule has 0 saturated carbocycles. The Morgan fingerprint density at radius 3 is 3.16 bits per heavy atom. The molecule has 1 atom stereocenters. The monoisotopic (exact) mass is 264 g/mol. The molecule has 0 aromatic carbocycles. The van der Waals surface area contributed by atoms with Crippen molar-refractivity contribution in [2.75, 3.05) is 19.6 Å². The summed E-state index contributed by atoms with van der Waals surface area (Å²) in [6.07, 6.45) is 6.69. The van der Waals surface area contributed by atoms with Crippen molar-refractivity contribution in [3.05, 3.63) is 17.5 Å². The van der Waals surface area contributed by atoms with Crippen LogP contribution in [0, 0.1) is 12.8 Å². The van der Waals surface area contributed by atoms with Gasteiger partial charge in [0.2, 0.25) is 5.91 Å². The highest BCUT2D eigenvalue weighted by Gasteiger charge is 2.15. The minimum atomic E-state index is 0.191. The van der Waals surface area contributed by atoms with E-state index in [0.717, 1.165) is 44.6 Å². The van der Waals surface area contributed by atoms with Crippen LogP contribution in [-0.2, 0) is 11.2 Å². The molecule has 1 aromatic heterocycles. The van der Waals surface area contributed by atoms with Gasteiger partial charge in [-0.1, -0.05) is 0 Å². The zero-order chi connectivity index (χ0) is 13.5. The molecule has 1 fully saturated rings. The Balaban J connectivity index is 1.52. The van der Waals surface area contributed by atoms with Crippen molar-refractivity contribution in [3.8, 4) is 0 Å². The quantitative estimate of drug-likeness (QED) is 0.647.